The molecular weight excluding hydrogens is 382 g/mol. The molecule has 6 heteroatoms. The van der Waals surface area contributed by atoms with Crippen LogP contribution in [-0.4, -0.2) is 40.4 Å². The highest BCUT2D eigenvalue weighted by atomic mass is 16.6. The maximum Gasteiger partial charge on any atom is 0.304 e. The molecule has 0 radical (unpaired) electrons. The van der Waals surface area contributed by atoms with Gasteiger partial charge in [0.1, 0.15) is 0 Å². The van der Waals surface area contributed by atoms with E-state index in [1.54, 1.807) is 0 Å². The number of nitrogens with two attached hydrogens (primary N) is 1. The van der Waals surface area contributed by atoms with E-state index in [9.17, 15) is 19.5 Å². The number of ketones is 2. The molecule has 176 valence electrons. The van der Waals surface area contributed by atoms with Crippen LogP contribution < -0.4 is 5.73 Å². The van der Waals surface area contributed by atoms with Gasteiger partial charge in [0.15, 0.2) is 11.6 Å². The van der Waals surface area contributed by atoms with Gasteiger partial charge in [0.25, 0.3) is 0 Å². The third-order valence-corrected chi connectivity index (χ3v) is 5.84. The van der Waals surface area contributed by atoms with E-state index in [1.165, 1.54) is 64.2 Å². The van der Waals surface area contributed by atoms with Crippen molar-refractivity contribution in [3.8, 4) is 0 Å². The Morgan fingerprint density at radius 2 is 1.13 bits per heavy atom. The van der Waals surface area contributed by atoms with Gasteiger partial charge in [0.05, 0.1) is 12.1 Å². The van der Waals surface area contributed by atoms with Gasteiger partial charge in [-0.2, -0.15) is 0 Å². The highest BCUT2D eigenvalue weighted by Crippen LogP contribution is 2.24. The summed E-state index contributed by atoms with van der Waals surface area (Å²) in [7, 11) is 0. The van der Waals surface area contributed by atoms with Gasteiger partial charge in [0.2, 0.25) is 5.60 Å². The zero-order chi connectivity index (χ0) is 23.0. The maximum atomic E-state index is 12.1. The number of carbonyl (C=O) groups is 3. The van der Waals surface area contributed by atoms with Gasteiger partial charge >= 0.3 is 5.97 Å². The predicted octanol–water partition coefficient (Wildman–Crippen LogP) is 4.64. The second kappa shape index (κ2) is 16.4. The Labute approximate surface area is 183 Å². The van der Waals surface area contributed by atoms with E-state index in [0.29, 0.717) is 6.42 Å². The molecule has 0 spiro atoms. The minimum Gasteiger partial charge on any atom is -0.441 e. The molecule has 0 heterocycles. The van der Waals surface area contributed by atoms with Crippen LogP contribution in [0.5, 0.6) is 0 Å². The quantitative estimate of drug-likeness (QED) is 0.177. The Hall–Kier alpha value is -1.27. The standard InChI is InChI=1S/C24H45NO5/c1-5-6-7-8-9-10-11-12-13-14-15-16-17-18-22(29)23(25)24(19(2)26,20(3)27)30-21(4)28/h22-23,29H,5-18,25H2,1-4H3. The molecule has 0 saturated carbocycles. The summed E-state index contributed by atoms with van der Waals surface area (Å²) in [4.78, 5) is 35.6. The number of Topliss-reactive ketones (excluding diaryl/α,β-unsaturated/α-hetero) is 2. The van der Waals surface area contributed by atoms with E-state index in [1.807, 2.05) is 0 Å². The summed E-state index contributed by atoms with van der Waals surface area (Å²) in [6, 6.07) is -1.27. The maximum absolute atomic E-state index is 12.1. The zero-order valence-corrected chi connectivity index (χ0v) is 19.7. The summed E-state index contributed by atoms with van der Waals surface area (Å²) in [5.41, 5.74) is 3.92. The second-order valence-corrected chi connectivity index (χ2v) is 8.57. The molecule has 6 nitrogen and oxygen atoms in total. The highest BCUT2D eigenvalue weighted by Gasteiger charge is 2.52. The molecule has 0 amide bonds. The lowest BCUT2D eigenvalue weighted by atomic mass is 9.82. The van der Waals surface area contributed by atoms with Gasteiger partial charge in [-0.15, -0.1) is 0 Å². The molecule has 0 aromatic heterocycles. The monoisotopic (exact) mass is 427 g/mol. The lowest BCUT2D eigenvalue weighted by Gasteiger charge is -2.36. The molecule has 0 fully saturated rings. The van der Waals surface area contributed by atoms with Crippen molar-refractivity contribution in [3.63, 3.8) is 0 Å². The number of hydrogen-bond donors (Lipinski definition) is 2. The largest absolute Gasteiger partial charge is 0.441 e. The van der Waals surface area contributed by atoms with Gasteiger partial charge in [-0.25, -0.2) is 0 Å². The average molecular weight is 428 g/mol. The van der Waals surface area contributed by atoms with Gasteiger partial charge < -0.3 is 15.6 Å². The first-order chi connectivity index (χ1) is 14.2. The minimum absolute atomic E-state index is 0.364. The molecule has 2 atom stereocenters. The molecule has 0 aliphatic rings. The summed E-state index contributed by atoms with van der Waals surface area (Å²) in [6.45, 7) is 5.67. The topological polar surface area (TPSA) is 107 Å². The molecule has 0 aromatic rings. The van der Waals surface area contributed by atoms with Crippen molar-refractivity contribution in [1.82, 2.24) is 0 Å². The normalized spacial score (nSPS) is 13.7. The van der Waals surface area contributed by atoms with E-state index in [2.05, 4.69) is 6.92 Å². The fraction of sp³-hybridized carbons (Fsp3) is 0.875. The third-order valence-electron chi connectivity index (χ3n) is 5.84. The fourth-order valence-electron chi connectivity index (χ4n) is 3.98. The molecular formula is C24H45NO5. The highest BCUT2D eigenvalue weighted by molar-refractivity contribution is 6.10. The van der Waals surface area contributed by atoms with Crippen LogP contribution in [0.2, 0.25) is 0 Å². The second-order valence-electron chi connectivity index (χ2n) is 8.57. The van der Waals surface area contributed by atoms with Crippen LogP contribution in [0.3, 0.4) is 0 Å². The molecule has 0 rings (SSSR count). The summed E-state index contributed by atoms with van der Waals surface area (Å²) in [5, 5.41) is 10.4. The van der Waals surface area contributed by atoms with Crippen molar-refractivity contribution in [2.45, 2.75) is 135 Å². The molecule has 30 heavy (non-hydrogen) atoms. The lowest BCUT2D eigenvalue weighted by Crippen LogP contribution is -2.64. The zero-order valence-electron chi connectivity index (χ0n) is 19.7. The summed E-state index contributed by atoms with van der Waals surface area (Å²) in [6.07, 6.45) is 15.2. The van der Waals surface area contributed by atoms with Crippen LogP contribution in [0.25, 0.3) is 0 Å². The van der Waals surface area contributed by atoms with Crippen LogP contribution in [0.1, 0.15) is 118 Å². The SMILES string of the molecule is CCCCCCCCCCCCCCCC(O)C(N)C(OC(C)=O)(C(C)=O)C(C)=O. The first kappa shape index (κ1) is 28.7. The van der Waals surface area contributed by atoms with E-state index in [-0.39, 0.29) is 0 Å². The number of aliphatic hydroxyl groups is 1. The number of unbranched alkanes of at least 4 members (excludes halogenated alkanes) is 12. The minimum atomic E-state index is -2.11. The molecule has 0 bridgehead atoms. The molecule has 2 unspecified atom stereocenters. The predicted molar refractivity (Wildman–Crippen MR) is 120 cm³/mol. The van der Waals surface area contributed by atoms with E-state index >= 15 is 0 Å². The van der Waals surface area contributed by atoms with Crippen molar-refractivity contribution >= 4 is 17.5 Å². The van der Waals surface area contributed by atoms with Crippen molar-refractivity contribution in [3.05, 3.63) is 0 Å². The number of aliphatic hydroxyl groups excluding tert-OH is 1. The molecule has 0 aromatic carbocycles. The van der Waals surface area contributed by atoms with Crippen molar-refractivity contribution < 1.29 is 24.2 Å². The summed E-state index contributed by atoms with van der Waals surface area (Å²) >= 11 is 0. The molecule has 0 aliphatic carbocycles. The van der Waals surface area contributed by atoms with E-state index < -0.39 is 35.3 Å². The first-order valence-electron chi connectivity index (χ1n) is 11.8. The van der Waals surface area contributed by atoms with Crippen LogP contribution >= 0.6 is 0 Å². The number of hydrogen-bond acceptors (Lipinski definition) is 6. The molecule has 0 aliphatic heterocycles. The Morgan fingerprint density at radius 3 is 1.47 bits per heavy atom. The van der Waals surface area contributed by atoms with E-state index in [0.717, 1.165) is 40.0 Å². The third kappa shape index (κ3) is 10.7. The number of carbonyl (C=O) groups excluding carboxylic acids is 3. The molecule has 3 N–H and O–H groups in total. The van der Waals surface area contributed by atoms with Gasteiger partial charge in [-0.05, 0) is 20.3 Å². The van der Waals surface area contributed by atoms with Gasteiger partial charge in [-0.1, -0.05) is 90.4 Å². The first-order valence-corrected chi connectivity index (χ1v) is 11.8. The Bertz CT molecular complexity index is 492. The van der Waals surface area contributed by atoms with E-state index in [4.69, 9.17) is 10.5 Å². The Morgan fingerprint density at radius 1 is 0.767 bits per heavy atom. The smallest absolute Gasteiger partial charge is 0.304 e. The van der Waals surface area contributed by atoms with Crippen LogP contribution in [-0.2, 0) is 19.1 Å². The van der Waals surface area contributed by atoms with Crippen molar-refractivity contribution in [2.75, 3.05) is 0 Å². The fourth-order valence-corrected chi connectivity index (χ4v) is 3.98. The van der Waals surface area contributed by atoms with Gasteiger partial charge in [0, 0.05) is 6.92 Å². The number of rotatable bonds is 19. The Balaban J connectivity index is 4.09. The number of ether oxygens (including phenoxy) is 1. The summed E-state index contributed by atoms with van der Waals surface area (Å²) in [5.74, 6) is -2.10. The average Bonchev–Trinajstić information content (AvgIpc) is 2.68. The Kier molecular flexibility index (Phi) is 15.7. The lowest BCUT2D eigenvalue weighted by molar-refractivity contribution is -0.176. The van der Waals surface area contributed by atoms with Crippen LogP contribution in [0.4, 0.5) is 0 Å². The number of esters is 1. The van der Waals surface area contributed by atoms with Gasteiger partial charge in [-0.3, -0.25) is 14.4 Å². The van der Waals surface area contributed by atoms with Crippen LogP contribution in [0, 0.1) is 0 Å². The van der Waals surface area contributed by atoms with Crippen LogP contribution in [0.15, 0.2) is 0 Å². The molecule has 0 saturated heterocycles. The summed E-state index contributed by atoms with van der Waals surface area (Å²) < 4.78 is 5.04. The van der Waals surface area contributed by atoms with Crippen molar-refractivity contribution in [1.29, 1.82) is 0 Å². The van der Waals surface area contributed by atoms with Crippen molar-refractivity contribution in [2.24, 2.45) is 5.73 Å².